The highest BCUT2D eigenvalue weighted by Crippen LogP contribution is 1.88. The fraction of sp³-hybridized carbons (Fsp3) is 0.273. The molecular weight excluding hydrogens is 132 g/mol. The second kappa shape index (κ2) is 8.96. The van der Waals surface area contributed by atoms with Crippen LogP contribution in [0.1, 0.15) is 19.8 Å². The van der Waals surface area contributed by atoms with E-state index in [2.05, 4.69) is 25.7 Å². The van der Waals surface area contributed by atoms with Crippen molar-refractivity contribution in [3.8, 4) is 0 Å². The average Bonchev–Trinajstić information content (AvgIpc) is 2.03. The van der Waals surface area contributed by atoms with Gasteiger partial charge < -0.3 is 0 Å². The van der Waals surface area contributed by atoms with Crippen molar-refractivity contribution in [1.82, 2.24) is 0 Å². The highest BCUT2D eigenvalue weighted by molar-refractivity contribution is 5.14. The Labute approximate surface area is 69.6 Å². The summed E-state index contributed by atoms with van der Waals surface area (Å²) in [4.78, 5) is 0. The van der Waals surface area contributed by atoms with Crippen LogP contribution in [0.5, 0.6) is 0 Å². The summed E-state index contributed by atoms with van der Waals surface area (Å²) >= 11 is 0. The van der Waals surface area contributed by atoms with Gasteiger partial charge in [0.25, 0.3) is 0 Å². The average molecular weight is 148 g/mol. The highest BCUT2D eigenvalue weighted by Gasteiger charge is 1.68. The molecule has 11 heavy (non-hydrogen) atoms. The number of allylic oxidation sites excluding steroid dienone is 7. The molecule has 0 heteroatoms. The lowest BCUT2D eigenvalue weighted by molar-refractivity contribution is 0.959. The molecule has 0 rings (SSSR count). The fourth-order valence-electron chi connectivity index (χ4n) is 0.612. The Bertz CT molecular complexity index is 159. The van der Waals surface area contributed by atoms with Crippen LogP contribution in [0.3, 0.4) is 0 Å². The van der Waals surface area contributed by atoms with Gasteiger partial charge in [-0.3, -0.25) is 0 Å². The quantitative estimate of drug-likeness (QED) is 0.522. The third-order valence-corrected chi connectivity index (χ3v) is 1.17. The molecule has 60 valence electrons. The SMILES string of the molecule is C=CC=CC=CC=CCCC. The van der Waals surface area contributed by atoms with E-state index in [-0.39, 0.29) is 0 Å². The van der Waals surface area contributed by atoms with Gasteiger partial charge in [-0.05, 0) is 6.42 Å². The first-order chi connectivity index (χ1) is 5.41. The zero-order valence-corrected chi connectivity index (χ0v) is 7.16. The number of hydrogen-bond donors (Lipinski definition) is 0. The standard InChI is InChI=1S/C11H16/c1-3-5-7-9-11-10-8-6-4-2/h3,5,7-11H,1,4,6H2,2H3. The monoisotopic (exact) mass is 148 g/mol. The summed E-state index contributed by atoms with van der Waals surface area (Å²) in [5, 5.41) is 0. The van der Waals surface area contributed by atoms with E-state index in [9.17, 15) is 0 Å². The predicted octanol–water partition coefficient (Wildman–Crippen LogP) is 3.64. The van der Waals surface area contributed by atoms with Crippen LogP contribution in [0.25, 0.3) is 0 Å². The molecule has 0 aromatic carbocycles. The lowest BCUT2D eigenvalue weighted by atomic mass is 10.3. The molecule has 0 nitrogen and oxygen atoms in total. The molecule has 0 saturated carbocycles. The minimum absolute atomic E-state index is 1.16. The van der Waals surface area contributed by atoms with Gasteiger partial charge in [0.15, 0.2) is 0 Å². The van der Waals surface area contributed by atoms with E-state index >= 15 is 0 Å². The molecule has 0 saturated heterocycles. The maximum atomic E-state index is 3.57. The Morgan fingerprint density at radius 3 is 2.27 bits per heavy atom. The molecular formula is C11H16. The maximum absolute atomic E-state index is 3.57. The Balaban J connectivity index is 3.42. The van der Waals surface area contributed by atoms with E-state index in [1.165, 1.54) is 6.42 Å². The summed E-state index contributed by atoms with van der Waals surface area (Å²) in [5.41, 5.74) is 0. The number of unbranched alkanes of at least 4 members (excludes halogenated alkanes) is 1. The van der Waals surface area contributed by atoms with Crippen LogP contribution in [-0.4, -0.2) is 0 Å². The molecule has 0 aromatic heterocycles. The van der Waals surface area contributed by atoms with Crippen molar-refractivity contribution in [2.45, 2.75) is 19.8 Å². The van der Waals surface area contributed by atoms with Crippen LogP contribution >= 0.6 is 0 Å². The summed E-state index contributed by atoms with van der Waals surface area (Å²) in [6.45, 7) is 5.74. The lowest BCUT2D eigenvalue weighted by Gasteiger charge is -1.79. The summed E-state index contributed by atoms with van der Waals surface area (Å²) < 4.78 is 0. The van der Waals surface area contributed by atoms with Crippen molar-refractivity contribution < 1.29 is 0 Å². The van der Waals surface area contributed by atoms with Gasteiger partial charge in [0.2, 0.25) is 0 Å². The minimum Gasteiger partial charge on any atom is -0.0991 e. The van der Waals surface area contributed by atoms with E-state index in [1.807, 2.05) is 24.3 Å². The summed E-state index contributed by atoms with van der Waals surface area (Å²) in [6.07, 6.45) is 16.3. The van der Waals surface area contributed by atoms with Crippen LogP contribution < -0.4 is 0 Å². The first-order valence-corrected chi connectivity index (χ1v) is 4.02. The van der Waals surface area contributed by atoms with E-state index in [0.717, 1.165) is 6.42 Å². The number of hydrogen-bond acceptors (Lipinski definition) is 0. The molecule has 0 heterocycles. The van der Waals surface area contributed by atoms with Crippen LogP contribution in [0, 0.1) is 0 Å². The Kier molecular flexibility index (Phi) is 8.11. The third kappa shape index (κ3) is 8.96. The van der Waals surface area contributed by atoms with Crippen LogP contribution in [0.4, 0.5) is 0 Å². The van der Waals surface area contributed by atoms with Crippen LogP contribution in [0.15, 0.2) is 49.1 Å². The second-order valence-electron chi connectivity index (χ2n) is 2.22. The van der Waals surface area contributed by atoms with Crippen LogP contribution in [0.2, 0.25) is 0 Å². The smallest absolute Gasteiger partial charge is 0.0350 e. The molecule has 0 N–H and O–H groups in total. The zero-order chi connectivity index (χ0) is 8.36. The van der Waals surface area contributed by atoms with Gasteiger partial charge in [-0.25, -0.2) is 0 Å². The Morgan fingerprint density at radius 2 is 1.64 bits per heavy atom. The largest absolute Gasteiger partial charge is 0.0991 e. The summed E-state index contributed by atoms with van der Waals surface area (Å²) in [5.74, 6) is 0. The highest BCUT2D eigenvalue weighted by atomic mass is 13.7. The van der Waals surface area contributed by atoms with Gasteiger partial charge in [0, 0.05) is 0 Å². The van der Waals surface area contributed by atoms with E-state index in [1.54, 1.807) is 6.08 Å². The molecule has 0 atom stereocenters. The number of rotatable bonds is 5. The van der Waals surface area contributed by atoms with Gasteiger partial charge in [0.05, 0.1) is 0 Å². The fourth-order valence-corrected chi connectivity index (χ4v) is 0.612. The van der Waals surface area contributed by atoms with Crippen molar-refractivity contribution in [1.29, 1.82) is 0 Å². The minimum atomic E-state index is 1.16. The van der Waals surface area contributed by atoms with Gasteiger partial charge in [-0.2, -0.15) is 0 Å². The molecule has 0 fully saturated rings. The molecule has 0 aliphatic carbocycles. The van der Waals surface area contributed by atoms with Crippen molar-refractivity contribution in [2.24, 2.45) is 0 Å². The van der Waals surface area contributed by atoms with Crippen LogP contribution in [-0.2, 0) is 0 Å². The summed E-state index contributed by atoms with van der Waals surface area (Å²) in [7, 11) is 0. The Hall–Kier alpha value is -1.04. The molecule has 0 aromatic rings. The topological polar surface area (TPSA) is 0 Å². The Morgan fingerprint density at radius 1 is 1.00 bits per heavy atom. The maximum Gasteiger partial charge on any atom is -0.0350 e. The first kappa shape index (κ1) is 9.96. The molecule has 0 aliphatic heterocycles. The van der Waals surface area contributed by atoms with E-state index < -0.39 is 0 Å². The molecule has 0 bridgehead atoms. The zero-order valence-electron chi connectivity index (χ0n) is 7.16. The van der Waals surface area contributed by atoms with Gasteiger partial charge >= 0.3 is 0 Å². The van der Waals surface area contributed by atoms with Crippen molar-refractivity contribution >= 4 is 0 Å². The molecule has 0 aliphatic rings. The third-order valence-electron chi connectivity index (χ3n) is 1.17. The van der Waals surface area contributed by atoms with Gasteiger partial charge in [-0.15, -0.1) is 0 Å². The first-order valence-electron chi connectivity index (χ1n) is 4.02. The van der Waals surface area contributed by atoms with E-state index in [0.29, 0.717) is 0 Å². The van der Waals surface area contributed by atoms with Crippen molar-refractivity contribution in [2.75, 3.05) is 0 Å². The van der Waals surface area contributed by atoms with Gasteiger partial charge in [0.1, 0.15) is 0 Å². The molecule has 0 radical (unpaired) electrons. The van der Waals surface area contributed by atoms with Crippen molar-refractivity contribution in [3.63, 3.8) is 0 Å². The summed E-state index contributed by atoms with van der Waals surface area (Å²) in [6, 6.07) is 0. The van der Waals surface area contributed by atoms with Gasteiger partial charge in [-0.1, -0.05) is 62.5 Å². The second-order valence-corrected chi connectivity index (χ2v) is 2.22. The normalized spacial score (nSPS) is 12.1. The van der Waals surface area contributed by atoms with Crippen molar-refractivity contribution in [3.05, 3.63) is 49.1 Å². The predicted molar refractivity (Wildman–Crippen MR) is 52.5 cm³/mol. The molecule has 0 amide bonds. The van der Waals surface area contributed by atoms with E-state index in [4.69, 9.17) is 0 Å². The molecule has 0 unspecified atom stereocenters. The molecule has 0 spiro atoms. The lowest BCUT2D eigenvalue weighted by Crippen LogP contribution is -1.58.